The van der Waals surface area contributed by atoms with E-state index in [0.29, 0.717) is 23.3 Å². The molecule has 0 radical (unpaired) electrons. The lowest BCUT2D eigenvalue weighted by Gasteiger charge is -2.02. The van der Waals surface area contributed by atoms with Crippen molar-refractivity contribution in [2.75, 3.05) is 0 Å². The molecule has 20 heavy (non-hydrogen) atoms. The third-order valence-electron chi connectivity index (χ3n) is 2.99. The molecule has 0 aliphatic rings. The molecule has 0 aliphatic carbocycles. The molecule has 0 aromatic carbocycles. The van der Waals surface area contributed by atoms with Crippen molar-refractivity contribution in [3.05, 3.63) is 40.5 Å². The second kappa shape index (κ2) is 5.92. The van der Waals surface area contributed by atoms with Gasteiger partial charge in [0, 0.05) is 18.8 Å². The van der Waals surface area contributed by atoms with E-state index in [1.165, 1.54) is 6.08 Å². The Kier molecular flexibility index (Phi) is 4.24. The first-order valence-electron chi connectivity index (χ1n) is 6.12. The molecule has 0 fully saturated rings. The molecular formula is C13H16ClN5O. The van der Waals surface area contributed by atoms with Gasteiger partial charge >= 0.3 is 0 Å². The van der Waals surface area contributed by atoms with Crippen LogP contribution in [0.5, 0.6) is 0 Å². The zero-order valence-electron chi connectivity index (χ0n) is 11.6. The first-order chi connectivity index (χ1) is 9.47. The Labute approximate surface area is 121 Å². The molecule has 7 heteroatoms. The highest BCUT2D eigenvalue weighted by Crippen LogP contribution is 2.08. The zero-order valence-corrected chi connectivity index (χ0v) is 12.3. The van der Waals surface area contributed by atoms with Crippen LogP contribution < -0.4 is 5.32 Å². The van der Waals surface area contributed by atoms with Gasteiger partial charge in [0.15, 0.2) is 0 Å². The van der Waals surface area contributed by atoms with Crippen LogP contribution in [0.2, 0.25) is 5.15 Å². The Morgan fingerprint density at radius 1 is 1.55 bits per heavy atom. The van der Waals surface area contributed by atoms with Gasteiger partial charge in [0.1, 0.15) is 16.8 Å². The van der Waals surface area contributed by atoms with Crippen molar-refractivity contribution in [3.63, 3.8) is 0 Å². The van der Waals surface area contributed by atoms with Gasteiger partial charge in [0.2, 0.25) is 5.91 Å². The van der Waals surface area contributed by atoms with Crippen LogP contribution in [0.25, 0.3) is 6.08 Å². The summed E-state index contributed by atoms with van der Waals surface area (Å²) < 4.78 is 1.71. The molecule has 2 heterocycles. The maximum Gasteiger partial charge on any atom is 0.244 e. The third kappa shape index (κ3) is 3.27. The van der Waals surface area contributed by atoms with Gasteiger partial charge in [0.25, 0.3) is 0 Å². The predicted molar refractivity (Wildman–Crippen MR) is 77.2 cm³/mol. The molecule has 2 aromatic rings. The van der Waals surface area contributed by atoms with Crippen molar-refractivity contribution < 1.29 is 4.79 Å². The van der Waals surface area contributed by atoms with E-state index in [2.05, 4.69) is 20.3 Å². The minimum atomic E-state index is -0.212. The molecule has 0 unspecified atom stereocenters. The Morgan fingerprint density at radius 2 is 2.30 bits per heavy atom. The topological polar surface area (TPSA) is 75.6 Å². The van der Waals surface area contributed by atoms with Gasteiger partial charge in [-0.3, -0.25) is 4.79 Å². The number of rotatable bonds is 4. The maximum absolute atomic E-state index is 11.7. The van der Waals surface area contributed by atoms with Crippen LogP contribution in [0, 0.1) is 13.8 Å². The van der Waals surface area contributed by atoms with Crippen LogP contribution in [0.3, 0.4) is 0 Å². The van der Waals surface area contributed by atoms with Crippen molar-refractivity contribution in [2.24, 2.45) is 7.05 Å². The summed E-state index contributed by atoms with van der Waals surface area (Å²) in [5, 5.41) is 3.27. The van der Waals surface area contributed by atoms with E-state index >= 15 is 0 Å². The summed E-state index contributed by atoms with van der Waals surface area (Å²) in [4.78, 5) is 23.1. The van der Waals surface area contributed by atoms with E-state index in [4.69, 9.17) is 11.6 Å². The molecule has 2 aromatic heterocycles. The molecule has 0 atom stereocenters. The highest BCUT2D eigenvalue weighted by molar-refractivity contribution is 6.29. The molecular weight excluding hydrogens is 278 g/mol. The molecule has 0 spiro atoms. The number of carbonyl (C=O) groups excluding carboxylic acids is 1. The molecule has 2 rings (SSSR count). The average Bonchev–Trinajstić information content (AvgIpc) is 2.90. The summed E-state index contributed by atoms with van der Waals surface area (Å²) in [5.74, 6) is 1.15. The average molecular weight is 294 g/mol. The standard InChI is InChI=1S/C13H16ClN5O/c1-8-9(2)18-11(17-8)4-5-13(20)16-7-12-15-6-10(14)19(12)3/h4-6H,7H2,1-3H3,(H,16,20)(H,17,18)/b5-4+. The number of hydrogen-bond acceptors (Lipinski definition) is 3. The van der Waals surface area contributed by atoms with Gasteiger partial charge in [-0.15, -0.1) is 0 Å². The van der Waals surface area contributed by atoms with Gasteiger partial charge in [-0.2, -0.15) is 0 Å². The van der Waals surface area contributed by atoms with Crippen molar-refractivity contribution in [1.29, 1.82) is 0 Å². The second-order valence-corrected chi connectivity index (χ2v) is 4.83. The molecule has 0 bridgehead atoms. The van der Waals surface area contributed by atoms with E-state index in [1.54, 1.807) is 23.9 Å². The summed E-state index contributed by atoms with van der Waals surface area (Å²) in [6.45, 7) is 4.17. The summed E-state index contributed by atoms with van der Waals surface area (Å²) in [6, 6.07) is 0. The monoisotopic (exact) mass is 293 g/mol. The minimum Gasteiger partial charge on any atom is -0.345 e. The van der Waals surface area contributed by atoms with Crippen LogP contribution in [0.4, 0.5) is 0 Å². The number of H-pyrrole nitrogens is 1. The summed E-state index contributed by atoms with van der Waals surface area (Å²) >= 11 is 5.86. The van der Waals surface area contributed by atoms with E-state index in [-0.39, 0.29) is 5.91 Å². The Bertz CT molecular complexity index is 636. The van der Waals surface area contributed by atoms with E-state index in [9.17, 15) is 4.79 Å². The van der Waals surface area contributed by atoms with Crippen LogP contribution >= 0.6 is 11.6 Å². The maximum atomic E-state index is 11.7. The van der Waals surface area contributed by atoms with Crippen molar-refractivity contribution in [1.82, 2.24) is 24.8 Å². The quantitative estimate of drug-likeness (QED) is 0.843. The SMILES string of the molecule is Cc1nc(/C=C/C(=O)NCc2ncc(Cl)n2C)[nH]c1C. The third-order valence-corrected chi connectivity index (χ3v) is 3.34. The number of nitrogens with one attached hydrogen (secondary N) is 2. The van der Waals surface area contributed by atoms with Gasteiger partial charge < -0.3 is 14.9 Å². The normalized spacial score (nSPS) is 11.2. The first-order valence-corrected chi connectivity index (χ1v) is 6.50. The highest BCUT2D eigenvalue weighted by Gasteiger charge is 2.05. The van der Waals surface area contributed by atoms with Crippen LogP contribution in [-0.4, -0.2) is 25.4 Å². The molecule has 1 amide bonds. The number of nitrogens with zero attached hydrogens (tertiary/aromatic N) is 3. The number of aromatic nitrogens is 4. The van der Waals surface area contributed by atoms with Gasteiger partial charge in [-0.25, -0.2) is 9.97 Å². The number of carbonyl (C=O) groups is 1. The largest absolute Gasteiger partial charge is 0.345 e. The number of hydrogen-bond donors (Lipinski definition) is 2. The molecule has 6 nitrogen and oxygen atoms in total. The van der Waals surface area contributed by atoms with Gasteiger partial charge in [-0.05, 0) is 19.9 Å². The Hall–Kier alpha value is -2.08. The summed E-state index contributed by atoms with van der Waals surface area (Å²) in [7, 11) is 1.79. The number of aryl methyl sites for hydroxylation is 2. The van der Waals surface area contributed by atoms with Crippen LogP contribution in [0.1, 0.15) is 23.0 Å². The van der Waals surface area contributed by atoms with Crippen molar-refractivity contribution in [2.45, 2.75) is 20.4 Å². The number of aromatic amines is 1. The Balaban J connectivity index is 1.91. The fraction of sp³-hybridized carbons (Fsp3) is 0.308. The van der Waals surface area contributed by atoms with Crippen molar-refractivity contribution >= 4 is 23.6 Å². The number of amides is 1. The fourth-order valence-corrected chi connectivity index (χ4v) is 1.77. The first kappa shape index (κ1) is 14.3. The zero-order chi connectivity index (χ0) is 14.7. The summed E-state index contributed by atoms with van der Waals surface area (Å²) in [6.07, 6.45) is 4.62. The fourth-order valence-electron chi connectivity index (χ4n) is 1.62. The van der Waals surface area contributed by atoms with E-state index in [0.717, 1.165) is 11.4 Å². The molecule has 106 valence electrons. The lowest BCUT2D eigenvalue weighted by atomic mass is 10.4. The molecule has 0 saturated heterocycles. The predicted octanol–water partition coefficient (Wildman–Crippen LogP) is 1.74. The van der Waals surface area contributed by atoms with E-state index < -0.39 is 0 Å². The Morgan fingerprint density at radius 3 is 2.85 bits per heavy atom. The van der Waals surface area contributed by atoms with Crippen LogP contribution in [0.15, 0.2) is 12.3 Å². The highest BCUT2D eigenvalue weighted by atomic mass is 35.5. The number of imidazole rings is 2. The minimum absolute atomic E-state index is 0.212. The lowest BCUT2D eigenvalue weighted by Crippen LogP contribution is -2.22. The van der Waals surface area contributed by atoms with E-state index in [1.807, 2.05) is 13.8 Å². The molecule has 2 N–H and O–H groups in total. The molecule has 0 aliphatic heterocycles. The smallest absolute Gasteiger partial charge is 0.244 e. The van der Waals surface area contributed by atoms with Gasteiger partial charge in [0.05, 0.1) is 18.4 Å². The van der Waals surface area contributed by atoms with Crippen LogP contribution in [-0.2, 0) is 18.4 Å². The number of halogens is 1. The van der Waals surface area contributed by atoms with Gasteiger partial charge in [-0.1, -0.05) is 11.6 Å². The lowest BCUT2D eigenvalue weighted by molar-refractivity contribution is -0.116. The summed E-state index contributed by atoms with van der Waals surface area (Å²) in [5.41, 5.74) is 1.92. The second-order valence-electron chi connectivity index (χ2n) is 4.44. The van der Waals surface area contributed by atoms with Crippen molar-refractivity contribution in [3.8, 4) is 0 Å². The molecule has 0 saturated carbocycles.